The van der Waals surface area contributed by atoms with Gasteiger partial charge in [0.15, 0.2) is 0 Å². The molecule has 2 rings (SSSR count). The molecule has 0 radical (unpaired) electrons. The van der Waals surface area contributed by atoms with Crippen molar-refractivity contribution in [2.75, 3.05) is 0 Å². The summed E-state index contributed by atoms with van der Waals surface area (Å²) in [6.07, 6.45) is -4.40. The quantitative estimate of drug-likeness (QED) is 0.878. The lowest BCUT2D eigenvalue weighted by Crippen LogP contribution is -2.03. The summed E-state index contributed by atoms with van der Waals surface area (Å²) in [5.74, 6) is 0. The van der Waals surface area contributed by atoms with E-state index in [1.807, 2.05) is 0 Å². The molecular weight excluding hydrogens is 313 g/mol. The maximum atomic E-state index is 12.5. The van der Waals surface area contributed by atoms with E-state index in [0.717, 1.165) is 6.07 Å². The van der Waals surface area contributed by atoms with Crippen LogP contribution < -0.4 is 0 Å². The smallest absolute Gasteiger partial charge is 0.282 e. The van der Waals surface area contributed by atoms with Crippen LogP contribution in [0.3, 0.4) is 0 Å². The first-order valence-electron chi connectivity index (χ1n) is 5.39. The van der Waals surface area contributed by atoms with Gasteiger partial charge in [-0.1, -0.05) is 18.2 Å². The molecule has 0 bridgehead atoms. The highest BCUT2D eigenvalue weighted by Crippen LogP contribution is 2.35. The van der Waals surface area contributed by atoms with Crippen molar-refractivity contribution < 1.29 is 26.1 Å². The zero-order valence-corrected chi connectivity index (χ0v) is 11.5. The predicted molar refractivity (Wildman–Crippen MR) is 68.4 cm³/mol. The van der Waals surface area contributed by atoms with Gasteiger partial charge in [-0.3, -0.25) is 4.55 Å². The van der Waals surface area contributed by atoms with Crippen molar-refractivity contribution in [1.82, 2.24) is 0 Å². The molecule has 0 aliphatic rings. The van der Waals surface area contributed by atoms with Crippen molar-refractivity contribution in [2.24, 2.45) is 0 Å². The van der Waals surface area contributed by atoms with Crippen molar-refractivity contribution in [3.8, 4) is 0 Å². The molecule has 0 aliphatic heterocycles. The van der Waals surface area contributed by atoms with E-state index in [0.29, 0.717) is 16.2 Å². The molecule has 3 nitrogen and oxygen atoms in total. The fraction of sp³-hybridized carbons (Fsp3) is 0.167. The van der Waals surface area contributed by atoms with Gasteiger partial charge < -0.3 is 0 Å². The van der Waals surface area contributed by atoms with E-state index < -0.39 is 21.2 Å². The van der Waals surface area contributed by atoms with Crippen molar-refractivity contribution in [3.05, 3.63) is 51.7 Å². The van der Waals surface area contributed by atoms with Gasteiger partial charge in [0.05, 0.1) is 4.90 Å². The molecule has 20 heavy (non-hydrogen) atoms. The van der Waals surface area contributed by atoms with Gasteiger partial charge in [-0.05, 0) is 23.8 Å². The van der Waals surface area contributed by atoms with Gasteiger partial charge >= 0.3 is 6.18 Å². The van der Waals surface area contributed by atoms with Crippen molar-refractivity contribution in [1.29, 1.82) is 0 Å². The Morgan fingerprint density at radius 2 is 1.75 bits per heavy atom. The van der Waals surface area contributed by atoms with E-state index in [4.69, 9.17) is 4.55 Å². The minimum Gasteiger partial charge on any atom is -0.282 e. The molecular formula is C12H9F3O3S2. The molecule has 1 heterocycles. The molecule has 0 atom stereocenters. The molecule has 0 aliphatic carbocycles. The molecule has 108 valence electrons. The standard InChI is InChI=1S/C12H9F3O3S2/c13-12(14,15)11-6-5-9(19-11)7-8-3-1-2-4-10(8)20(16,17)18/h1-6H,7H2,(H,16,17,18). The van der Waals surface area contributed by atoms with Crippen LogP contribution in [0.15, 0.2) is 41.3 Å². The van der Waals surface area contributed by atoms with Crippen molar-refractivity contribution in [3.63, 3.8) is 0 Å². The fourth-order valence-electron chi connectivity index (χ4n) is 1.71. The van der Waals surface area contributed by atoms with Crippen LogP contribution in [0.5, 0.6) is 0 Å². The van der Waals surface area contributed by atoms with Gasteiger partial charge in [-0.2, -0.15) is 21.6 Å². The molecule has 0 amide bonds. The number of alkyl halides is 3. The Labute approximate surface area is 117 Å². The first-order chi connectivity index (χ1) is 9.18. The molecule has 0 saturated heterocycles. The van der Waals surface area contributed by atoms with E-state index in [1.54, 1.807) is 6.07 Å². The topological polar surface area (TPSA) is 54.4 Å². The van der Waals surface area contributed by atoms with Gasteiger partial charge in [0, 0.05) is 11.3 Å². The lowest BCUT2D eigenvalue weighted by molar-refractivity contribution is -0.134. The second-order valence-corrected chi connectivity index (χ2v) is 6.58. The summed E-state index contributed by atoms with van der Waals surface area (Å²) in [7, 11) is -4.39. The highest BCUT2D eigenvalue weighted by molar-refractivity contribution is 7.85. The van der Waals surface area contributed by atoms with Crippen molar-refractivity contribution >= 4 is 21.5 Å². The summed E-state index contributed by atoms with van der Waals surface area (Å²) in [5.41, 5.74) is 0.255. The Hall–Kier alpha value is -1.38. The van der Waals surface area contributed by atoms with Crippen LogP contribution in [0.2, 0.25) is 0 Å². The maximum Gasteiger partial charge on any atom is 0.425 e. The second-order valence-electron chi connectivity index (χ2n) is 4.02. The van der Waals surface area contributed by atoms with Gasteiger partial charge in [-0.15, -0.1) is 11.3 Å². The molecule has 0 saturated carbocycles. The first kappa shape index (κ1) is 15.0. The van der Waals surface area contributed by atoms with Gasteiger partial charge in [-0.25, -0.2) is 0 Å². The molecule has 0 spiro atoms. The predicted octanol–water partition coefficient (Wildman–Crippen LogP) is 3.60. The number of thiophene rings is 1. The Morgan fingerprint density at radius 3 is 2.30 bits per heavy atom. The monoisotopic (exact) mass is 322 g/mol. The number of rotatable bonds is 3. The number of hydrogen-bond acceptors (Lipinski definition) is 3. The Morgan fingerprint density at radius 1 is 1.10 bits per heavy atom. The molecule has 1 aromatic heterocycles. The van der Waals surface area contributed by atoms with E-state index >= 15 is 0 Å². The molecule has 0 fully saturated rings. The van der Waals surface area contributed by atoms with Crippen molar-refractivity contribution in [2.45, 2.75) is 17.5 Å². The normalized spacial score (nSPS) is 12.6. The van der Waals surface area contributed by atoms with Crippen LogP contribution in [0.4, 0.5) is 13.2 Å². The zero-order chi connectivity index (χ0) is 15.0. The van der Waals surface area contributed by atoms with Gasteiger partial charge in [0.25, 0.3) is 10.1 Å². The number of halogens is 3. The van der Waals surface area contributed by atoms with E-state index in [2.05, 4.69) is 0 Å². The van der Waals surface area contributed by atoms with Crippen LogP contribution in [0.25, 0.3) is 0 Å². The van der Waals surface area contributed by atoms with Gasteiger partial charge in [0.1, 0.15) is 4.88 Å². The largest absolute Gasteiger partial charge is 0.425 e. The molecule has 8 heteroatoms. The highest BCUT2D eigenvalue weighted by Gasteiger charge is 2.32. The Kier molecular flexibility index (Phi) is 3.90. The summed E-state index contributed by atoms with van der Waals surface area (Å²) in [4.78, 5) is -0.660. The maximum absolute atomic E-state index is 12.5. The average molecular weight is 322 g/mol. The minimum atomic E-state index is -4.41. The second kappa shape index (κ2) is 5.19. The third kappa shape index (κ3) is 3.38. The molecule has 2 aromatic rings. The summed E-state index contributed by atoms with van der Waals surface area (Å²) in [5, 5.41) is 0. The third-order valence-electron chi connectivity index (χ3n) is 2.56. The SMILES string of the molecule is O=S(=O)(O)c1ccccc1Cc1ccc(C(F)(F)F)s1. The number of hydrogen-bond donors (Lipinski definition) is 1. The lowest BCUT2D eigenvalue weighted by atomic mass is 10.1. The molecule has 1 N–H and O–H groups in total. The van der Waals surface area contributed by atoms with Crippen LogP contribution >= 0.6 is 11.3 Å². The summed E-state index contributed by atoms with van der Waals surface area (Å²) >= 11 is 0.553. The van der Waals surface area contributed by atoms with Crippen LogP contribution in [0.1, 0.15) is 15.3 Å². The van der Waals surface area contributed by atoms with Gasteiger partial charge in [0.2, 0.25) is 0 Å². The summed E-state index contributed by atoms with van der Waals surface area (Å²) < 4.78 is 68.9. The fourth-order valence-corrected chi connectivity index (χ4v) is 3.33. The third-order valence-corrected chi connectivity index (χ3v) is 4.64. The first-order valence-corrected chi connectivity index (χ1v) is 7.65. The van der Waals surface area contributed by atoms with E-state index in [9.17, 15) is 21.6 Å². The summed E-state index contributed by atoms with van der Waals surface area (Å²) in [6, 6.07) is 7.91. The lowest BCUT2D eigenvalue weighted by Gasteiger charge is -2.05. The van der Waals surface area contributed by atoms with E-state index in [-0.39, 0.29) is 16.9 Å². The van der Waals surface area contributed by atoms with E-state index in [1.165, 1.54) is 24.3 Å². The van der Waals surface area contributed by atoms with Crippen LogP contribution in [0, 0.1) is 0 Å². The van der Waals surface area contributed by atoms with Crippen LogP contribution in [-0.4, -0.2) is 13.0 Å². The Balaban J connectivity index is 2.34. The average Bonchev–Trinajstić information content (AvgIpc) is 2.76. The highest BCUT2D eigenvalue weighted by atomic mass is 32.2. The number of benzene rings is 1. The van der Waals surface area contributed by atoms with Crippen LogP contribution in [-0.2, 0) is 22.7 Å². The Bertz CT molecular complexity index is 718. The molecule has 0 unspecified atom stereocenters. The summed E-state index contributed by atoms with van der Waals surface area (Å²) in [6.45, 7) is 0. The molecule has 1 aromatic carbocycles. The zero-order valence-electron chi connectivity index (χ0n) is 9.89. The minimum absolute atomic E-state index is 0.0106.